The maximum Gasteiger partial charge on any atom is 0.257 e. The van der Waals surface area contributed by atoms with Gasteiger partial charge in [-0.05, 0) is 55.8 Å². The average molecular weight is 443 g/mol. The third kappa shape index (κ3) is 5.04. The van der Waals surface area contributed by atoms with Crippen LogP contribution in [-0.4, -0.2) is 28.5 Å². The molecule has 1 heterocycles. The number of aryl methyl sites for hydroxylation is 2. The van der Waals surface area contributed by atoms with E-state index in [0.717, 1.165) is 21.3 Å². The smallest absolute Gasteiger partial charge is 0.257 e. The van der Waals surface area contributed by atoms with E-state index < -0.39 is 0 Å². The predicted molar refractivity (Wildman–Crippen MR) is 109 cm³/mol. The Morgan fingerprint density at radius 3 is 2.54 bits per heavy atom. The molecule has 2 amide bonds. The topological polar surface area (TPSA) is 97.1 Å². The molecular weight excluding hydrogens is 424 g/mol. The summed E-state index contributed by atoms with van der Waals surface area (Å²) >= 11 is 3.38. The minimum absolute atomic E-state index is 0.163. The molecule has 28 heavy (non-hydrogen) atoms. The molecule has 7 nitrogen and oxygen atoms in total. The van der Waals surface area contributed by atoms with Crippen LogP contribution in [0.5, 0.6) is 0 Å². The fourth-order valence-corrected chi connectivity index (χ4v) is 2.87. The number of amides is 2. The molecule has 0 aliphatic heterocycles. The summed E-state index contributed by atoms with van der Waals surface area (Å²) in [7, 11) is 0. The average Bonchev–Trinajstić information content (AvgIpc) is 3.11. The zero-order valence-corrected chi connectivity index (χ0v) is 17.0. The Morgan fingerprint density at radius 1 is 1.11 bits per heavy atom. The van der Waals surface area contributed by atoms with E-state index in [1.165, 1.54) is 0 Å². The molecule has 3 rings (SSSR count). The van der Waals surface area contributed by atoms with Crippen LogP contribution in [0.15, 0.2) is 51.5 Å². The van der Waals surface area contributed by atoms with Crippen LogP contribution < -0.4 is 10.6 Å². The maximum atomic E-state index is 12.2. The zero-order valence-electron chi connectivity index (χ0n) is 15.5. The van der Waals surface area contributed by atoms with Crippen LogP contribution in [0, 0.1) is 13.8 Å². The van der Waals surface area contributed by atoms with E-state index in [1.807, 2.05) is 25.1 Å². The number of hydrogen-bond acceptors (Lipinski definition) is 5. The molecule has 0 atom stereocenters. The van der Waals surface area contributed by atoms with Gasteiger partial charge in [-0.1, -0.05) is 27.2 Å². The summed E-state index contributed by atoms with van der Waals surface area (Å²) in [5, 5.41) is 9.33. The molecule has 0 unspecified atom stereocenters. The molecular formula is C20H19BrN4O3. The third-order valence-corrected chi connectivity index (χ3v) is 4.53. The van der Waals surface area contributed by atoms with Crippen molar-refractivity contribution in [3.05, 3.63) is 63.9 Å². The van der Waals surface area contributed by atoms with Gasteiger partial charge >= 0.3 is 0 Å². The van der Waals surface area contributed by atoms with Gasteiger partial charge in [-0.15, -0.1) is 0 Å². The van der Waals surface area contributed by atoms with E-state index in [1.54, 1.807) is 31.2 Å². The molecule has 144 valence electrons. The molecule has 2 N–H and O–H groups in total. The van der Waals surface area contributed by atoms with Gasteiger partial charge in [0.2, 0.25) is 5.91 Å². The third-order valence-electron chi connectivity index (χ3n) is 4.03. The number of carbonyl (C=O) groups is 2. The van der Waals surface area contributed by atoms with Gasteiger partial charge in [0, 0.05) is 34.3 Å². The summed E-state index contributed by atoms with van der Waals surface area (Å²) in [5.74, 6) is 0.542. The lowest BCUT2D eigenvalue weighted by Gasteiger charge is -2.09. The molecule has 2 aromatic carbocycles. The van der Waals surface area contributed by atoms with Gasteiger partial charge in [0.15, 0.2) is 5.82 Å². The number of aromatic nitrogens is 2. The van der Waals surface area contributed by atoms with E-state index in [9.17, 15) is 9.59 Å². The van der Waals surface area contributed by atoms with Gasteiger partial charge in [0.25, 0.3) is 11.8 Å². The minimum atomic E-state index is -0.250. The first-order chi connectivity index (χ1) is 13.4. The molecule has 0 saturated carbocycles. The first kappa shape index (κ1) is 19.8. The highest BCUT2D eigenvalue weighted by atomic mass is 79.9. The van der Waals surface area contributed by atoms with Gasteiger partial charge in [0.05, 0.1) is 0 Å². The molecule has 3 aromatic rings. The maximum absolute atomic E-state index is 12.2. The number of anilines is 1. The van der Waals surface area contributed by atoms with Gasteiger partial charge in [-0.25, -0.2) is 0 Å². The Kier molecular flexibility index (Phi) is 6.20. The van der Waals surface area contributed by atoms with Crippen LogP contribution in [0.2, 0.25) is 0 Å². The Balaban J connectivity index is 1.50. The number of rotatable bonds is 6. The van der Waals surface area contributed by atoms with Crippen molar-refractivity contribution in [2.24, 2.45) is 0 Å². The second-order valence-electron chi connectivity index (χ2n) is 6.24. The van der Waals surface area contributed by atoms with E-state index in [4.69, 9.17) is 4.52 Å². The lowest BCUT2D eigenvalue weighted by atomic mass is 10.1. The number of nitrogens with one attached hydrogen (secondary N) is 2. The van der Waals surface area contributed by atoms with Crippen LogP contribution in [0.3, 0.4) is 0 Å². The Morgan fingerprint density at radius 2 is 1.86 bits per heavy atom. The molecule has 0 aliphatic rings. The number of nitrogens with zero attached hydrogens (tertiary/aromatic N) is 2. The lowest BCUT2D eigenvalue weighted by Crippen LogP contribution is -2.27. The predicted octanol–water partition coefficient (Wildman–Crippen LogP) is 3.87. The van der Waals surface area contributed by atoms with Gasteiger partial charge in [-0.3, -0.25) is 9.59 Å². The molecule has 0 radical (unpaired) electrons. The van der Waals surface area contributed by atoms with Crippen molar-refractivity contribution in [2.75, 3.05) is 11.9 Å². The van der Waals surface area contributed by atoms with Gasteiger partial charge in [0.1, 0.15) is 0 Å². The number of halogens is 1. The summed E-state index contributed by atoms with van der Waals surface area (Å²) in [6.07, 6.45) is 0.178. The SMILES string of the molecule is Cc1noc(-c2ccc(C(=O)NCCC(=O)Nc3cc(Br)ccc3C)cc2)n1. The van der Waals surface area contributed by atoms with Crippen molar-refractivity contribution in [3.63, 3.8) is 0 Å². The number of carbonyl (C=O) groups excluding carboxylic acids is 2. The summed E-state index contributed by atoms with van der Waals surface area (Å²) in [6.45, 7) is 3.90. The van der Waals surface area contributed by atoms with E-state index in [0.29, 0.717) is 17.3 Å². The largest absolute Gasteiger partial charge is 0.352 e. The fraction of sp³-hybridized carbons (Fsp3) is 0.200. The van der Waals surface area contributed by atoms with Crippen LogP contribution in [-0.2, 0) is 4.79 Å². The van der Waals surface area contributed by atoms with E-state index >= 15 is 0 Å². The highest BCUT2D eigenvalue weighted by Gasteiger charge is 2.10. The second-order valence-corrected chi connectivity index (χ2v) is 7.15. The molecule has 0 fully saturated rings. The molecule has 8 heteroatoms. The Hall–Kier alpha value is -3.00. The molecule has 0 aliphatic carbocycles. The molecule has 0 saturated heterocycles. The highest BCUT2D eigenvalue weighted by molar-refractivity contribution is 9.10. The van der Waals surface area contributed by atoms with Gasteiger partial charge in [-0.2, -0.15) is 4.98 Å². The van der Waals surface area contributed by atoms with E-state index in [2.05, 4.69) is 36.7 Å². The molecule has 0 spiro atoms. The van der Waals surface area contributed by atoms with Crippen molar-refractivity contribution >= 4 is 33.4 Å². The lowest BCUT2D eigenvalue weighted by molar-refractivity contribution is -0.116. The fourth-order valence-electron chi connectivity index (χ4n) is 2.51. The zero-order chi connectivity index (χ0) is 20.1. The highest BCUT2D eigenvalue weighted by Crippen LogP contribution is 2.21. The Bertz CT molecular complexity index is 999. The Labute approximate surface area is 170 Å². The molecule has 0 bridgehead atoms. The normalized spacial score (nSPS) is 10.5. The van der Waals surface area contributed by atoms with Crippen molar-refractivity contribution in [1.29, 1.82) is 0 Å². The van der Waals surface area contributed by atoms with Crippen molar-refractivity contribution in [3.8, 4) is 11.5 Å². The summed E-state index contributed by atoms with van der Waals surface area (Å²) in [6, 6.07) is 12.5. The van der Waals surface area contributed by atoms with E-state index in [-0.39, 0.29) is 24.8 Å². The van der Waals surface area contributed by atoms with Gasteiger partial charge < -0.3 is 15.2 Å². The van der Waals surface area contributed by atoms with Crippen molar-refractivity contribution in [2.45, 2.75) is 20.3 Å². The second kappa shape index (κ2) is 8.79. The number of benzene rings is 2. The van der Waals surface area contributed by atoms with Crippen molar-refractivity contribution < 1.29 is 14.1 Å². The quantitative estimate of drug-likeness (QED) is 0.603. The molecule has 1 aromatic heterocycles. The van der Waals surface area contributed by atoms with Crippen molar-refractivity contribution in [1.82, 2.24) is 15.5 Å². The summed E-state index contributed by atoms with van der Waals surface area (Å²) in [5.41, 5.74) is 2.94. The monoisotopic (exact) mass is 442 g/mol. The first-order valence-electron chi connectivity index (χ1n) is 8.67. The van der Waals surface area contributed by atoms with Crippen LogP contribution >= 0.6 is 15.9 Å². The van der Waals surface area contributed by atoms with Crippen LogP contribution in [0.1, 0.15) is 28.2 Å². The van der Waals surface area contributed by atoms with Crippen LogP contribution in [0.25, 0.3) is 11.5 Å². The van der Waals surface area contributed by atoms with Crippen LogP contribution in [0.4, 0.5) is 5.69 Å². The standard InChI is InChI=1S/C20H19BrN4O3/c1-12-3-8-16(21)11-17(12)24-18(26)9-10-22-19(27)14-4-6-15(7-5-14)20-23-13(2)25-28-20/h3-8,11H,9-10H2,1-2H3,(H,22,27)(H,24,26). The first-order valence-corrected chi connectivity index (χ1v) is 9.46. The number of hydrogen-bond donors (Lipinski definition) is 2. The minimum Gasteiger partial charge on any atom is -0.352 e. The summed E-state index contributed by atoms with van der Waals surface area (Å²) < 4.78 is 5.99. The summed E-state index contributed by atoms with van der Waals surface area (Å²) in [4.78, 5) is 28.5.